The molecule has 1 aromatic rings. The molecule has 1 unspecified atom stereocenters. The van der Waals surface area contributed by atoms with Crippen molar-refractivity contribution in [3.05, 3.63) is 15.6 Å². The van der Waals surface area contributed by atoms with Crippen LogP contribution in [0.1, 0.15) is 42.3 Å². The van der Waals surface area contributed by atoms with E-state index in [9.17, 15) is 0 Å². The van der Waals surface area contributed by atoms with Crippen LogP contribution >= 0.6 is 11.3 Å². The minimum absolute atomic E-state index is 0.697. The Kier molecular flexibility index (Phi) is 5.37. The van der Waals surface area contributed by atoms with E-state index in [-0.39, 0.29) is 0 Å². The summed E-state index contributed by atoms with van der Waals surface area (Å²) in [7, 11) is 0. The maximum atomic E-state index is 4.67. The zero-order valence-corrected chi connectivity index (χ0v) is 13.5. The molecule has 1 fully saturated rings. The second-order valence-electron chi connectivity index (χ2n) is 6.07. The van der Waals surface area contributed by atoms with Gasteiger partial charge in [-0.3, -0.25) is 4.90 Å². The lowest BCUT2D eigenvalue weighted by Crippen LogP contribution is -2.38. The Morgan fingerprint density at radius 3 is 2.84 bits per heavy atom. The molecular formula is C15H27N3S. The summed E-state index contributed by atoms with van der Waals surface area (Å²) < 4.78 is 0. The smallest absolute Gasteiger partial charge is 0.107 e. The van der Waals surface area contributed by atoms with Crippen molar-refractivity contribution in [3.63, 3.8) is 0 Å². The van der Waals surface area contributed by atoms with E-state index in [1.165, 1.54) is 35.0 Å². The summed E-state index contributed by atoms with van der Waals surface area (Å²) >= 11 is 1.86. The van der Waals surface area contributed by atoms with Crippen molar-refractivity contribution in [2.24, 2.45) is 5.92 Å². The van der Waals surface area contributed by atoms with Crippen molar-refractivity contribution in [3.8, 4) is 0 Å². The number of hydrogen-bond donors (Lipinski definition) is 1. The molecule has 0 aromatic carbocycles. The van der Waals surface area contributed by atoms with E-state index in [0.29, 0.717) is 6.04 Å². The molecule has 1 aliphatic heterocycles. The van der Waals surface area contributed by atoms with Gasteiger partial charge >= 0.3 is 0 Å². The van der Waals surface area contributed by atoms with E-state index in [0.717, 1.165) is 25.6 Å². The molecule has 0 saturated carbocycles. The van der Waals surface area contributed by atoms with Crippen molar-refractivity contribution in [1.29, 1.82) is 0 Å². The lowest BCUT2D eigenvalue weighted by atomic mass is 10.2. The summed E-state index contributed by atoms with van der Waals surface area (Å²) in [5.41, 5.74) is 1.20. The number of aryl methyl sites for hydroxylation is 2. The fraction of sp³-hybridized carbons (Fsp3) is 0.800. The first kappa shape index (κ1) is 14.9. The molecule has 19 heavy (non-hydrogen) atoms. The van der Waals surface area contributed by atoms with Crippen LogP contribution in [0, 0.1) is 19.8 Å². The molecule has 0 spiro atoms. The van der Waals surface area contributed by atoms with Crippen LogP contribution in [0.5, 0.6) is 0 Å². The van der Waals surface area contributed by atoms with Gasteiger partial charge in [0.25, 0.3) is 0 Å². The minimum Gasteiger partial charge on any atom is -0.315 e. The minimum atomic E-state index is 0.697. The van der Waals surface area contributed by atoms with Crippen molar-refractivity contribution in [1.82, 2.24) is 15.2 Å². The van der Waals surface area contributed by atoms with Crippen LogP contribution in [0.3, 0.4) is 0 Å². The molecule has 2 rings (SSSR count). The van der Waals surface area contributed by atoms with Gasteiger partial charge in [0.1, 0.15) is 5.01 Å². The second-order valence-corrected chi connectivity index (χ2v) is 7.36. The fourth-order valence-corrected chi connectivity index (χ4v) is 3.61. The molecule has 4 heteroatoms. The highest BCUT2D eigenvalue weighted by Gasteiger charge is 2.25. The van der Waals surface area contributed by atoms with Crippen molar-refractivity contribution in [2.75, 3.05) is 19.6 Å². The third kappa shape index (κ3) is 4.26. The molecule has 0 radical (unpaired) electrons. The van der Waals surface area contributed by atoms with Crippen LogP contribution in [-0.2, 0) is 6.54 Å². The first-order chi connectivity index (χ1) is 9.06. The first-order valence-corrected chi connectivity index (χ1v) is 8.25. The summed E-state index contributed by atoms with van der Waals surface area (Å²) in [6.07, 6.45) is 2.66. The number of rotatable bonds is 6. The van der Waals surface area contributed by atoms with Gasteiger partial charge in [0.2, 0.25) is 0 Å². The van der Waals surface area contributed by atoms with E-state index < -0.39 is 0 Å². The van der Waals surface area contributed by atoms with Gasteiger partial charge in [0.05, 0.1) is 12.2 Å². The van der Waals surface area contributed by atoms with Gasteiger partial charge in [0.15, 0.2) is 0 Å². The molecule has 0 amide bonds. The summed E-state index contributed by atoms with van der Waals surface area (Å²) in [5.74, 6) is 0.735. The van der Waals surface area contributed by atoms with Gasteiger partial charge in [-0.05, 0) is 45.7 Å². The highest BCUT2D eigenvalue weighted by atomic mass is 32.1. The van der Waals surface area contributed by atoms with Crippen LogP contribution < -0.4 is 5.32 Å². The average molecular weight is 281 g/mol. The highest BCUT2D eigenvalue weighted by molar-refractivity contribution is 7.11. The number of thiazole rings is 1. The standard InChI is InChI=1S/C15H27N3S/c1-11(2)8-16-9-14-6-5-7-18(14)10-15-17-12(3)13(4)19-15/h11,14,16H,5-10H2,1-4H3. The van der Waals surface area contributed by atoms with Crippen LogP contribution in [0.25, 0.3) is 0 Å². The van der Waals surface area contributed by atoms with Gasteiger partial charge in [-0.15, -0.1) is 11.3 Å². The molecule has 1 N–H and O–H groups in total. The lowest BCUT2D eigenvalue weighted by molar-refractivity contribution is 0.237. The van der Waals surface area contributed by atoms with E-state index in [2.05, 4.69) is 42.9 Å². The van der Waals surface area contributed by atoms with Gasteiger partial charge in [0, 0.05) is 17.5 Å². The number of hydrogen-bond acceptors (Lipinski definition) is 4. The fourth-order valence-electron chi connectivity index (χ4n) is 2.65. The Bertz CT molecular complexity index is 381. The van der Waals surface area contributed by atoms with Crippen LogP contribution in [0.4, 0.5) is 0 Å². The maximum absolute atomic E-state index is 4.67. The molecule has 1 aromatic heterocycles. The average Bonchev–Trinajstić information content (AvgIpc) is 2.88. The van der Waals surface area contributed by atoms with E-state index in [1.807, 2.05) is 11.3 Å². The Labute approximate surface area is 121 Å². The summed E-state index contributed by atoms with van der Waals surface area (Å²) in [4.78, 5) is 8.64. The first-order valence-electron chi connectivity index (χ1n) is 7.44. The largest absolute Gasteiger partial charge is 0.315 e. The summed E-state index contributed by atoms with van der Waals surface area (Å²) in [5, 5.41) is 4.88. The van der Waals surface area contributed by atoms with Gasteiger partial charge in [-0.2, -0.15) is 0 Å². The van der Waals surface area contributed by atoms with Crippen LogP contribution in [0.15, 0.2) is 0 Å². The Morgan fingerprint density at radius 2 is 2.21 bits per heavy atom. The quantitative estimate of drug-likeness (QED) is 0.869. The van der Waals surface area contributed by atoms with Crippen molar-refractivity contribution < 1.29 is 0 Å². The number of nitrogens with zero attached hydrogens (tertiary/aromatic N) is 2. The second kappa shape index (κ2) is 6.82. The highest BCUT2D eigenvalue weighted by Crippen LogP contribution is 2.23. The molecule has 2 heterocycles. The van der Waals surface area contributed by atoms with E-state index >= 15 is 0 Å². The molecule has 0 aliphatic carbocycles. The lowest BCUT2D eigenvalue weighted by Gasteiger charge is -2.24. The number of aromatic nitrogens is 1. The molecule has 0 bridgehead atoms. The van der Waals surface area contributed by atoms with Crippen LogP contribution in [-0.4, -0.2) is 35.6 Å². The normalized spacial score (nSPS) is 20.6. The third-order valence-electron chi connectivity index (χ3n) is 3.84. The number of nitrogens with one attached hydrogen (secondary N) is 1. The summed E-state index contributed by atoms with van der Waals surface area (Å²) in [6, 6.07) is 0.697. The Balaban J connectivity index is 1.84. The van der Waals surface area contributed by atoms with Crippen molar-refractivity contribution in [2.45, 2.75) is 53.1 Å². The van der Waals surface area contributed by atoms with Gasteiger partial charge < -0.3 is 5.32 Å². The van der Waals surface area contributed by atoms with E-state index in [4.69, 9.17) is 0 Å². The molecule has 108 valence electrons. The van der Waals surface area contributed by atoms with Crippen molar-refractivity contribution >= 4 is 11.3 Å². The zero-order valence-electron chi connectivity index (χ0n) is 12.7. The molecular weight excluding hydrogens is 254 g/mol. The predicted octanol–water partition coefficient (Wildman–Crippen LogP) is 2.97. The molecule has 1 atom stereocenters. The molecule has 1 aliphatic rings. The molecule has 3 nitrogen and oxygen atoms in total. The SMILES string of the molecule is Cc1nc(CN2CCCC2CNCC(C)C)sc1C. The molecule has 1 saturated heterocycles. The van der Waals surface area contributed by atoms with Gasteiger partial charge in [-0.1, -0.05) is 13.8 Å². The Morgan fingerprint density at radius 1 is 1.42 bits per heavy atom. The monoisotopic (exact) mass is 281 g/mol. The van der Waals surface area contributed by atoms with E-state index in [1.54, 1.807) is 0 Å². The third-order valence-corrected chi connectivity index (χ3v) is 4.90. The van der Waals surface area contributed by atoms with Gasteiger partial charge in [-0.25, -0.2) is 4.98 Å². The maximum Gasteiger partial charge on any atom is 0.107 e. The van der Waals surface area contributed by atoms with Crippen LogP contribution in [0.2, 0.25) is 0 Å². The summed E-state index contributed by atoms with van der Waals surface area (Å²) in [6.45, 7) is 13.3. The zero-order chi connectivity index (χ0) is 13.8. The Hall–Kier alpha value is -0.450. The topological polar surface area (TPSA) is 28.2 Å². The number of likely N-dealkylation sites (tertiary alicyclic amines) is 1. The predicted molar refractivity (Wildman–Crippen MR) is 82.7 cm³/mol.